The van der Waals surface area contributed by atoms with Crippen LogP contribution in [0.1, 0.15) is 24.0 Å². The van der Waals surface area contributed by atoms with Crippen molar-refractivity contribution >= 4 is 5.91 Å². The third-order valence-corrected chi connectivity index (χ3v) is 4.80. The number of rotatable bonds is 2. The molecule has 0 saturated carbocycles. The highest BCUT2D eigenvalue weighted by Crippen LogP contribution is 2.32. The van der Waals surface area contributed by atoms with Crippen molar-refractivity contribution in [3.8, 4) is 11.3 Å². The predicted octanol–water partition coefficient (Wildman–Crippen LogP) is 1.56. The van der Waals surface area contributed by atoms with Gasteiger partial charge in [-0.3, -0.25) is 9.78 Å². The van der Waals surface area contributed by atoms with Crippen LogP contribution in [0.3, 0.4) is 0 Å². The van der Waals surface area contributed by atoms with Gasteiger partial charge in [0.2, 0.25) is 0 Å². The van der Waals surface area contributed by atoms with Gasteiger partial charge in [0.15, 0.2) is 5.76 Å². The van der Waals surface area contributed by atoms with Gasteiger partial charge in [-0.2, -0.15) is 0 Å². The molecule has 3 atom stereocenters. The quantitative estimate of drug-likeness (QED) is 0.911. The smallest absolute Gasteiger partial charge is 0.310 e. The van der Waals surface area contributed by atoms with E-state index >= 15 is 0 Å². The van der Waals surface area contributed by atoms with Crippen LogP contribution in [0.25, 0.3) is 11.3 Å². The molecule has 114 valence electrons. The fourth-order valence-electron chi connectivity index (χ4n) is 3.58. The summed E-state index contributed by atoms with van der Waals surface area (Å²) >= 11 is 0. The SMILES string of the molecule is C[C@@H]1NC[C@H]2[C@@H]1CCN2C(=O)c1ncc(-c2ccncc2)o1. The van der Waals surface area contributed by atoms with Crippen LogP contribution in [0.2, 0.25) is 0 Å². The number of carbonyl (C=O) groups excluding carboxylic acids is 1. The van der Waals surface area contributed by atoms with E-state index in [9.17, 15) is 4.79 Å². The van der Waals surface area contributed by atoms with Crippen LogP contribution < -0.4 is 5.32 Å². The van der Waals surface area contributed by atoms with Crippen LogP contribution in [0, 0.1) is 5.92 Å². The summed E-state index contributed by atoms with van der Waals surface area (Å²) in [4.78, 5) is 22.7. The number of carbonyl (C=O) groups is 1. The molecule has 2 aliphatic rings. The Hall–Kier alpha value is -2.21. The van der Waals surface area contributed by atoms with Crippen molar-refractivity contribution in [2.24, 2.45) is 5.92 Å². The number of hydrogen-bond acceptors (Lipinski definition) is 5. The van der Waals surface area contributed by atoms with Crippen molar-refractivity contribution in [1.82, 2.24) is 20.2 Å². The summed E-state index contributed by atoms with van der Waals surface area (Å²) in [5.41, 5.74) is 0.872. The Morgan fingerprint density at radius 3 is 3.05 bits per heavy atom. The van der Waals surface area contributed by atoms with Gasteiger partial charge in [-0.1, -0.05) is 0 Å². The molecule has 4 rings (SSSR count). The Balaban J connectivity index is 1.56. The average Bonchev–Trinajstić information content (AvgIpc) is 3.25. The lowest BCUT2D eigenvalue weighted by atomic mass is 9.98. The molecule has 0 unspecified atom stereocenters. The van der Waals surface area contributed by atoms with E-state index in [1.54, 1.807) is 18.6 Å². The summed E-state index contributed by atoms with van der Waals surface area (Å²) in [6.45, 7) is 3.83. The van der Waals surface area contributed by atoms with Crippen LogP contribution in [-0.2, 0) is 0 Å². The van der Waals surface area contributed by atoms with Gasteiger partial charge < -0.3 is 14.6 Å². The fraction of sp³-hybridized carbons (Fsp3) is 0.438. The standard InChI is InChI=1S/C16H18N4O2/c1-10-12-4-7-20(13(12)8-18-10)16(21)15-19-9-14(22-15)11-2-5-17-6-3-11/h2-3,5-6,9-10,12-13,18H,4,7-8H2,1H3/t10-,12+,13-/m0/s1. The van der Waals surface area contributed by atoms with Crippen LogP contribution in [0.15, 0.2) is 35.1 Å². The molecule has 2 aromatic heterocycles. The summed E-state index contributed by atoms with van der Waals surface area (Å²) in [7, 11) is 0. The zero-order valence-corrected chi connectivity index (χ0v) is 12.4. The third-order valence-electron chi connectivity index (χ3n) is 4.80. The molecule has 2 aromatic rings. The van der Waals surface area contributed by atoms with Crippen LogP contribution in [-0.4, -0.2) is 45.9 Å². The largest absolute Gasteiger partial charge is 0.432 e. The topological polar surface area (TPSA) is 71.3 Å². The number of fused-ring (bicyclic) bond motifs is 1. The second-order valence-corrected chi connectivity index (χ2v) is 5.98. The number of nitrogens with one attached hydrogen (secondary N) is 1. The summed E-state index contributed by atoms with van der Waals surface area (Å²) in [5.74, 6) is 1.20. The monoisotopic (exact) mass is 298 g/mol. The molecule has 2 aliphatic heterocycles. The maximum Gasteiger partial charge on any atom is 0.310 e. The molecule has 6 heteroatoms. The first-order valence-corrected chi connectivity index (χ1v) is 7.64. The molecular weight excluding hydrogens is 280 g/mol. The molecule has 2 saturated heterocycles. The van der Waals surface area contributed by atoms with Crippen molar-refractivity contribution in [2.45, 2.75) is 25.4 Å². The van der Waals surface area contributed by atoms with Gasteiger partial charge in [-0.15, -0.1) is 0 Å². The minimum atomic E-state index is -0.108. The van der Waals surface area contributed by atoms with Gasteiger partial charge in [0.05, 0.1) is 6.20 Å². The van der Waals surface area contributed by atoms with Gasteiger partial charge in [-0.05, 0) is 31.4 Å². The predicted molar refractivity (Wildman–Crippen MR) is 80.1 cm³/mol. The van der Waals surface area contributed by atoms with Crippen molar-refractivity contribution in [2.75, 3.05) is 13.1 Å². The first kappa shape index (κ1) is 13.5. The van der Waals surface area contributed by atoms with Crippen molar-refractivity contribution in [1.29, 1.82) is 0 Å². The minimum Gasteiger partial charge on any atom is -0.432 e. The molecule has 22 heavy (non-hydrogen) atoms. The van der Waals surface area contributed by atoms with E-state index in [0.717, 1.165) is 25.1 Å². The molecule has 0 aliphatic carbocycles. The molecule has 4 heterocycles. The molecule has 2 fully saturated rings. The van der Waals surface area contributed by atoms with Crippen molar-refractivity contribution in [3.63, 3.8) is 0 Å². The first-order valence-electron chi connectivity index (χ1n) is 7.64. The van der Waals surface area contributed by atoms with Crippen LogP contribution in [0.5, 0.6) is 0 Å². The highest BCUT2D eigenvalue weighted by Gasteiger charge is 2.44. The maximum absolute atomic E-state index is 12.7. The highest BCUT2D eigenvalue weighted by atomic mass is 16.4. The number of hydrogen-bond donors (Lipinski definition) is 1. The second kappa shape index (κ2) is 5.21. The summed E-state index contributed by atoms with van der Waals surface area (Å²) in [6, 6.07) is 4.41. The molecular formula is C16H18N4O2. The lowest BCUT2D eigenvalue weighted by molar-refractivity contribution is 0.0697. The zero-order chi connectivity index (χ0) is 15.1. The van der Waals surface area contributed by atoms with E-state index in [4.69, 9.17) is 4.42 Å². The fourth-order valence-corrected chi connectivity index (χ4v) is 3.58. The van der Waals surface area contributed by atoms with Gasteiger partial charge in [0.1, 0.15) is 0 Å². The molecule has 6 nitrogen and oxygen atoms in total. The van der Waals surface area contributed by atoms with E-state index < -0.39 is 0 Å². The van der Waals surface area contributed by atoms with Gasteiger partial charge in [0.25, 0.3) is 5.89 Å². The Labute approximate surface area is 128 Å². The lowest BCUT2D eigenvalue weighted by Gasteiger charge is -2.21. The lowest BCUT2D eigenvalue weighted by Crippen LogP contribution is -2.39. The van der Waals surface area contributed by atoms with Crippen LogP contribution >= 0.6 is 0 Å². The van der Waals surface area contributed by atoms with Crippen LogP contribution in [0.4, 0.5) is 0 Å². The Kier molecular flexibility index (Phi) is 3.18. The first-order chi connectivity index (χ1) is 10.7. The number of oxazole rings is 1. The summed E-state index contributed by atoms with van der Waals surface area (Å²) in [6.07, 6.45) is 6.03. The van der Waals surface area contributed by atoms with E-state index in [2.05, 4.69) is 22.2 Å². The Bertz CT molecular complexity index is 684. The number of likely N-dealkylation sites (tertiary alicyclic amines) is 1. The minimum absolute atomic E-state index is 0.108. The summed E-state index contributed by atoms with van der Waals surface area (Å²) in [5, 5.41) is 3.44. The molecule has 1 amide bonds. The summed E-state index contributed by atoms with van der Waals surface area (Å²) < 4.78 is 5.67. The number of amides is 1. The maximum atomic E-state index is 12.7. The third kappa shape index (κ3) is 2.11. The average molecular weight is 298 g/mol. The Morgan fingerprint density at radius 1 is 1.41 bits per heavy atom. The number of pyridine rings is 1. The molecule has 0 bridgehead atoms. The van der Waals surface area contributed by atoms with Crippen molar-refractivity contribution < 1.29 is 9.21 Å². The molecule has 0 radical (unpaired) electrons. The highest BCUT2D eigenvalue weighted by molar-refractivity contribution is 5.90. The van der Waals surface area contributed by atoms with Gasteiger partial charge in [0, 0.05) is 43.1 Å². The molecule has 1 N–H and O–H groups in total. The van der Waals surface area contributed by atoms with E-state index in [1.807, 2.05) is 17.0 Å². The Morgan fingerprint density at radius 2 is 2.23 bits per heavy atom. The van der Waals surface area contributed by atoms with E-state index in [0.29, 0.717) is 17.7 Å². The van der Waals surface area contributed by atoms with Gasteiger partial charge >= 0.3 is 5.91 Å². The second-order valence-electron chi connectivity index (χ2n) is 5.98. The zero-order valence-electron chi connectivity index (χ0n) is 12.4. The van der Waals surface area contributed by atoms with E-state index in [1.165, 1.54) is 0 Å². The number of nitrogens with zero attached hydrogens (tertiary/aromatic N) is 3. The molecule has 0 spiro atoms. The van der Waals surface area contributed by atoms with E-state index in [-0.39, 0.29) is 17.8 Å². The number of aromatic nitrogens is 2. The normalized spacial score (nSPS) is 27.1. The van der Waals surface area contributed by atoms with Gasteiger partial charge in [-0.25, -0.2) is 4.98 Å². The van der Waals surface area contributed by atoms with Crippen molar-refractivity contribution in [3.05, 3.63) is 36.6 Å². The molecule has 0 aromatic carbocycles.